The highest BCUT2D eigenvalue weighted by molar-refractivity contribution is 6.09. The molecule has 0 spiro atoms. The van der Waals surface area contributed by atoms with Crippen molar-refractivity contribution in [2.75, 3.05) is 9.80 Å². The minimum atomic E-state index is 0.829. The Kier molecular flexibility index (Phi) is 112. The molecule has 0 atom stereocenters. The lowest BCUT2D eigenvalue weighted by atomic mass is 10.1. The van der Waals surface area contributed by atoms with Gasteiger partial charge in [-0.3, -0.25) is 0 Å². The van der Waals surface area contributed by atoms with E-state index in [-0.39, 0.29) is 0 Å². The number of anilines is 4. The zero-order chi connectivity index (χ0) is 100. The van der Waals surface area contributed by atoms with Crippen LogP contribution in [-0.4, -0.2) is 9.13 Å². The number of aromatic nitrogens is 2. The van der Waals surface area contributed by atoms with E-state index in [9.17, 15) is 0 Å². The first kappa shape index (κ1) is 137. The van der Waals surface area contributed by atoms with Crippen molar-refractivity contribution in [3.63, 3.8) is 0 Å². The molecule has 0 saturated heterocycles. The molecule has 0 aliphatic heterocycles. The molecule has 12 aromatic carbocycles. The van der Waals surface area contributed by atoms with Gasteiger partial charge in [0.2, 0.25) is 0 Å². The van der Waals surface area contributed by atoms with E-state index in [4.69, 9.17) is 0 Å². The van der Waals surface area contributed by atoms with Gasteiger partial charge in [-0.05, 0) is 129 Å². The first-order chi connectivity index (χ1) is 63.5. The van der Waals surface area contributed by atoms with Crippen molar-refractivity contribution >= 4 is 90.7 Å². The van der Waals surface area contributed by atoms with Crippen LogP contribution in [0.4, 0.5) is 22.7 Å². The summed E-state index contributed by atoms with van der Waals surface area (Å²) in [6.45, 7) is 98.8. The summed E-state index contributed by atoms with van der Waals surface area (Å²) < 4.78 is 4.79. The maximum atomic E-state index is 3.86. The van der Waals surface area contributed by atoms with Crippen LogP contribution in [0.15, 0.2) is 342 Å². The number of para-hydroxylation sites is 8. The van der Waals surface area contributed by atoms with Gasteiger partial charge in [0.15, 0.2) is 0 Å². The van der Waals surface area contributed by atoms with Crippen LogP contribution in [0, 0.1) is 0 Å². The fourth-order valence-electron chi connectivity index (χ4n) is 11.3. The highest BCUT2D eigenvalue weighted by Gasteiger charge is 2.14. The molecule has 0 aliphatic carbocycles. The smallest absolute Gasteiger partial charge is 0.0494 e. The van der Waals surface area contributed by atoms with Crippen LogP contribution in [0.3, 0.4) is 0 Å². The van der Waals surface area contributed by atoms with Crippen LogP contribution < -0.4 is 9.80 Å². The molecule has 0 fully saturated rings. The molecule has 0 saturated carbocycles. The van der Waals surface area contributed by atoms with Crippen molar-refractivity contribution in [1.82, 2.24) is 9.13 Å². The van der Waals surface area contributed by atoms with Gasteiger partial charge in [-0.1, -0.05) is 558 Å². The molecule has 0 radical (unpaired) electrons. The number of benzene rings is 12. The van der Waals surface area contributed by atoms with Crippen LogP contribution >= 0.6 is 0 Å². The summed E-state index contributed by atoms with van der Waals surface area (Å²) in [4.78, 5) is 4.64. The number of nitrogens with zero attached hydrogens (tertiary/aromatic N) is 4. The second-order valence-electron chi connectivity index (χ2n) is 21.5. The molecular formula is C124H192N4. The Bertz CT molecular complexity index is 4380. The first-order valence-electron chi connectivity index (χ1n) is 50.0. The van der Waals surface area contributed by atoms with E-state index in [0.29, 0.717) is 0 Å². The van der Waals surface area contributed by atoms with Gasteiger partial charge < -0.3 is 18.9 Å². The molecule has 2 heterocycles. The van der Waals surface area contributed by atoms with E-state index in [2.05, 4.69) is 336 Å². The molecule has 4 heteroatoms. The lowest BCUT2D eigenvalue weighted by Gasteiger charge is -2.25. The summed E-state index contributed by atoms with van der Waals surface area (Å²) in [5, 5.41) is 5.28. The zero-order valence-electron chi connectivity index (χ0n) is 89.8. The highest BCUT2D eigenvalue weighted by atomic mass is 15.1. The Balaban J connectivity index is -0.000000160. The summed E-state index contributed by atoms with van der Waals surface area (Å²) in [6, 6.07) is 111. The summed E-state index contributed by atoms with van der Waals surface area (Å²) in [6.07, 6.45) is 7.54. The quantitative estimate of drug-likeness (QED) is 0.0959. The molecule has 2 aromatic heterocycles. The maximum absolute atomic E-state index is 3.86. The van der Waals surface area contributed by atoms with Gasteiger partial charge in [-0.15, -0.1) is 0 Å². The standard InChI is InChI=1S/2C21H17N.2C21H19N.20C2H6/c1-2-16-8-7-9-17(14-16)15-22-20-12-5-3-10-18(20)19-11-4-6-13-21(19)22;1-2-16-11-13-17(14-12-16)15-22-20-9-5-3-7-18(20)19-8-4-6-10-21(19)22;1-2-18-10-9-11-19(16-18)17-22(20-12-5-3-6-13-20)21-14-7-4-8-15-21;1-2-18-13-15-19(16-14-18)17-22(20-9-5-3-6-10-20)21-11-7-4-8-12-21;20*1-2/h2*2-14H,1,15H2;2*2-16H,1,17H2;20*1-2H3. The lowest BCUT2D eigenvalue weighted by molar-refractivity contribution is 0.869. The normalized spacial score (nSPS) is 8.25. The summed E-state index contributed by atoms with van der Waals surface area (Å²) in [5.41, 5.74) is 19.7. The Morgan fingerprint density at radius 2 is 0.375 bits per heavy atom. The average molecular weight is 1740 g/mol. The molecule has 0 bridgehead atoms. The third-order valence-electron chi connectivity index (χ3n) is 15.8. The van der Waals surface area contributed by atoms with Crippen molar-refractivity contribution in [2.24, 2.45) is 0 Å². The predicted molar refractivity (Wildman–Crippen MR) is 608 cm³/mol. The van der Waals surface area contributed by atoms with Crippen molar-refractivity contribution in [1.29, 1.82) is 0 Å². The third kappa shape index (κ3) is 52.2. The van der Waals surface area contributed by atoms with Crippen LogP contribution in [-0.2, 0) is 26.2 Å². The van der Waals surface area contributed by atoms with Gasteiger partial charge in [0.05, 0.1) is 0 Å². The number of fused-ring (bicyclic) bond motifs is 6. The second-order valence-corrected chi connectivity index (χ2v) is 21.5. The van der Waals surface area contributed by atoms with E-state index in [1.807, 2.05) is 326 Å². The van der Waals surface area contributed by atoms with E-state index < -0.39 is 0 Å². The van der Waals surface area contributed by atoms with Crippen molar-refractivity contribution < 1.29 is 0 Å². The fourth-order valence-corrected chi connectivity index (χ4v) is 11.3. The maximum Gasteiger partial charge on any atom is 0.0494 e. The van der Waals surface area contributed by atoms with Gasteiger partial charge >= 0.3 is 0 Å². The third-order valence-corrected chi connectivity index (χ3v) is 15.8. The fraction of sp³-hybridized carbons (Fsp3) is 0.355. The molecule has 0 N–H and O–H groups in total. The molecule has 4 nitrogen and oxygen atoms in total. The van der Waals surface area contributed by atoms with Crippen LogP contribution in [0.1, 0.15) is 321 Å². The van der Waals surface area contributed by atoms with Gasteiger partial charge in [0.1, 0.15) is 0 Å². The van der Waals surface area contributed by atoms with Crippen LogP contribution in [0.5, 0.6) is 0 Å². The van der Waals surface area contributed by atoms with Crippen molar-refractivity contribution in [3.8, 4) is 0 Å². The average Bonchev–Trinajstić information content (AvgIpc) is 1.62. The zero-order valence-corrected chi connectivity index (χ0v) is 89.8. The molecule has 0 amide bonds. The lowest BCUT2D eigenvalue weighted by Crippen LogP contribution is -2.16. The van der Waals surface area contributed by atoms with Crippen LogP contribution in [0.2, 0.25) is 0 Å². The Labute approximate surface area is 793 Å². The van der Waals surface area contributed by atoms with Gasteiger partial charge in [-0.2, -0.15) is 0 Å². The Morgan fingerprint density at radius 3 is 0.617 bits per heavy atom. The predicted octanol–water partition coefficient (Wildman–Crippen LogP) is 42.8. The molecule has 14 rings (SSSR count). The molecule has 0 unspecified atom stereocenters. The highest BCUT2D eigenvalue weighted by Crippen LogP contribution is 2.33. The second kappa shape index (κ2) is 105. The monoisotopic (exact) mass is 1740 g/mol. The van der Waals surface area contributed by atoms with Crippen LogP contribution in [0.25, 0.3) is 67.9 Å². The minimum Gasteiger partial charge on any atom is -0.337 e. The molecular weight excluding hydrogens is 1550 g/mol. The van der Waals surface area contributed by atoms with Gasteiger partial charge in [-0.25, -0.2) is 0 Å². The number of rotatable bonds is 16. The topological polar surface area (TPSA) is 16.3 Å². The molecule has 708 valence electrons. The SMILES string of the molecule is C=Cc1ccc(CN(c2ccccc2)c2ccccc2)cc1.C=Cc1ccc(Cn2c3ccccc3c3ccccc32)cc1.C=Cc1cccc(CN(c2ccccc2)c2ccccc2)c1.C=Cc1cccc(Cn2c3ccccc3c3ccccc32)c1.CC.CC.CC.CC.CC.CC.CC.CC.CC.CC.CC.CC.CC.CC.CC.CC.CC.CC.CC.CC. The van der Waals surface area contributed by atoms with E-state index >= 15 is 0 Å². The van der Waals surface area contributed by atoms with E-state index in [1.165, 1.54) is 94.2 Å². The van der Waals surface area contributed by atoms with Gasteiger partial charge in [0, 0.05) is 92.5 Å². The van der Waals surface area contributed by atoms with Gasteiger partial charge in [0.25, 0.3) is 0 Å². The summed E-state index contributed by atoms with van der Waals surface area (Å²) in [7, 11) is 0. The minimum absolute atomic E-state index is 0.829. The Hall–Kier alpha value is -11.2. The van der Waals surface area contributed by atoms with E-state index in [1.54, 1.807) is 0 Å². The first-order valence-corrected chi connectivity index (χ1v) is 50.0. The number of hydrogen-bond acceptors (Lipinski definition) is 2. The molecule has 0 aliphatic rings. The molecule has 14 aromatic rings. The summed E-state index contributed by atoms with van der Waals surface area (Å²) in [5.74, 6) is 0. The largest absolute Gasteiger partial charge is 0.337 e. The number of hydrogen-bond donors (Lipinski definition) is 0. The van der Waals surface area contributed by atoms with E-state index in [0.717, 1.165) is 42.9 Å². The molecule has 128 heavy (non-hydrogen) atoms. The Morgan fingerprint density at radius 1 is 0.180 bits per heavy atom. The summed E-state index contributed by atoms with van der Waals surface area (Å²) >= 11 is 0. The van der Waals surface area contributed by atoms with Crippen molar-refractivity contribution in [2.45, 2.75) is 303 Å². The van der Waals surface area contributed by atoms with Crippen molar-refractivity contribution in [3.05, 3.63) is 386 Å².